The van der Waals surface area contributed by atoms with Gasteiger partial charge in [-0.05, 0) is 56.0 Å². The Kier molecular flexibility index (Phi) is 7.84. The van der Waals surface area contributed by atoms with Crippen molar-refractivity contribution in [3.63, 3.8) is 0 Å². The molecule has 0 aromatic heterocycles. The molecule has 0 saturated carbocycles. The summed E-state index contributed by atoms with van der Waals surface area (Å²) in [4.78, 5) is 12.9. The first-order valence-corrected chi connectivity index (χ1v) is 11.6. The number of benzene rings is 2. The highest BCUT2D eigenvalue weighted by Crippen LogP contribution is 2.17. The van der Waals surface area contributed by atoms with Gasteiger partial charge in [-0.1, -0.05) is 30.3 Å². The summed E-state index contributed by atoms with van der Waals surface area (Å²) >= 11 is 0. The zero-order valence-electron chi connectivity index (χ0n) is 17.0. The van der Waals surface area contributed by atoms with Crippen LogP contribution in [0.3, 0.4) is 0 Å². The molecule has 30 heavy (non-hydrogen) atoms. The normalized spacial score (nSPS) is 17.4. The Bertz CT molecular complexity index is 910. The molecule has 1 saturated heterocycles. The average molecular weight is 433 g/mol. The molecule has 1 fully saturated rings. The summed E-state index contributed by atoms with van der Waals surface area (Å²) in [7, 11) is -3.89. The molecule has 2 aromatic rings. The number of ether oxygens (including phenoxy) is 2. The minimum atomic E-state index is -3.89. The second-order valence-corrected chi connectivity index (χ2v) is 8.86. The van der Waals surface area contributed by atoms with Crippen molar-refractivity contribution in [2.75, 3.05) is 19.8 Å². The molecule has 8 heteroatoms. The lowest BCUT2D eigenvalue weighted by Crippen LogP contribution is -2.49. The average Bonchev–Trinajstić information content (AvgIpc) is 3.26. The van der Waals surface area contributed by atoms with Gasteiger partial charge < -0.3 is 14.8 Å². The van der Waals surface area contributed by atoms with Gasteiger partial charge in [0.1, 0.15) is 11.8 Å². The van der Waals surface area contributed by atoms with Gasteiger partial charge in [-0.2, -0.15) is 4.72 Å². The van der Waals surface area contributed by atoms with Crippen LogP contribution in [0.4, 0.5) is 0 Å². The van der Waals surface area contributed by atoms with Crippen LogP contribution in [0.2, 0.25) is 0 Å². The van der Waals surface area contributed by atoms with Crippen molar-refractivity contribution in [3.8, 4) is 5.75 Å². The van der Waals surface area contributed by atoms with Crippen LogP contribution in [0.25, 0.3) is 0 Å². The molecule has 7 nitrogen and oxygen atoms in total. The van der Waals surface area contributed by atoms with E-state index in [1.807, 2.05) is 37.3 Å². The molecule has 1 heterocycles. The van der Waals surface area contributed by atoms with Crippen molar-refractivity contribution in [2.24, 2.45) is 0 Å². The molecule has 0 aliphatic carbocycles. The van der Waals surface area contributed by atoms with E-state index in [4.69, 9.17) is 9.47 Å². The number of sulfonamides is 1. The van der Waals surface area contributed by atoms with Crippen molar-refractivity contribution in [1.29, 1.82) is 0 Å². The highest BCUT2D eigenvalue weighted by atomic mass is 32.2. The molecular formula is C22H28N2O5S. The summed E-state index contributed by atoms with van der Waals surface area (Å²) in [6, 6.07) is 14.5. The van der Waals surface area contributed by atoms with Crippen LogP contribution in [0.1, 0.15) is 25.3 Å². The van der Waals surface area contributed by atoms with Crippen molar-refractivity contribution in [3.05, 3.63) is 60.2 Å². The number of hydrogen-bond donors (Lipinski definition) is 2. The van der Waals surface area contributed by atoms with Crippen molar-refractivity contribution >= 4 is 15.9 Å². The summed E-state index contributed by atoms with van der Waals surface area (Å²) in [5.74, 6) is 0.218. The fourth-order valence-electron chi connectivity index (χ4n) is 3.32. The molecule has 2 aromatic carbocycles. The Labute approximate surface area is 177 Å². The molecule has 0 bridgehead atoms. The third-order valence-corrected chi connectivity index (χ3v) is 6.36. The topological polar surface area (TPSA) is 93.7 Å². The third-order valence-electron chi connectivity index (χ3n) is 4.87. The van der Waals surface area contributed by atoms with E-state index in [0.29, 0.717) is 25.5 Å². The largest absolute Gasteiger partial charge is 0.494 e. The van der Waals surface area contributed by atoms with Gasteiger partial charge in [-0.25, -0.2) is 8.42 Å². The van der Waals surface area contributed by atoms with Gasteiger partial charge in [0, 0.05) is 13.2 Å². The first-order valence-electron chi connectivity index (χ1n) is 10.2. The summed E-state index contributed by atoms with van der Waals surface area (Å²) in [6.07, 6.45) is 2.09. The van der Waals surface area contributed by atoms with Crippen LogP contribution in [-0.2, 0) is 26.0 Å². The van der Waals surface area contributed by atoms with E-state index in [1.54, 1.807) is 12.1 Å². The van der Waals surface area contributed by atoms with Gasteiger partial charge in [0.2, 0.25) is 15.9 Å². The predicted octanol–water partition coefficient (Wildman–Crippen LogP) is 2.27. The minimum absolute atomic E-state index is 0.0194. The molecular weight excluding hydrogens is 404 g/mol. The van der Waals surface area contributed by atoms with Gasteiger partial charge in [-0.15, -0.1) is 0 Å². The SMILES string of the molecule is CCOc1ccc(S(=O)(=O)N[C@H](Cc2ccccc2)C(=O)NC[C@H]2CCCO2)cc1. The second-order valence-electron chi connectivity index (χ2n) is 7.15. The zero-order chi connectivity index (χ0) is 21.4. The monoisotopic (exact) mass is 432 g/mol. The van der Waals surface area contributed by atoms with E-state index in [0.717, 1.165) is 18.4 Å². The Morgan fingerprint density at radius 3 is 2.53 bits per heavy atom. The van der Waals surface area contributed by atoms with Crippen LogP contribution in [0.5, 0.6) is 5.75 Å². The fourth-order valence-corrected chi connectivity index (χ4v) is 4.51. The molecule has 0 spiro atoms. The maximum absolute atomic E-state index is 12.9. The summed E-state index contributed by atoms with van der Waals surface area (Å²) in [5.41, 5.74) is 0.865. The number of carbonyl (C=O) groups is 1. The Morgan fingerprint density at radius 1 is 1.17 bits per heavy atom. The maximum atomic E-state index is 12.9. The number of hydrogen-bond acceptors (Lipinski definition) is 5. The number of amides is 1. The van der Waals surface area contributed by atoms with E-state index >= 15 is 0 Å². The predicted molar refractivity (Wildman–Crippen MR) is 114 cm³/mol. The van der Waals surface area contributed by atoms with Gasteiger partial charge in [0.25, 0.3) is 0 Å². The van der Waals surface area contributed by atoms with Crippen molar-refractivity contribution in [1.82, 2.24) is 10.0 Å². The summed E-state index contributed by atoms with van der Waals surface area (Å²) in [6.45, 7) is 3.41. The molecule has 0 unspecified atom stereocenters. The molecule has 3 rings (SSSR count). The van der Waals surface area contributed by atoms with E-state index in [9.17, 15) is 13.2 Å². The lowest BCUT2D eigenvalue weighted by Gasteiger charge is -2.20. The van der Waals surface area contributed by atoms with E-state index in [1.165, 1.54) is 12.1 Å². The maximum Gasteiger partial charge on any atom is 0.241 e. The number of rotatable bonds is 10. The minimum Gasteiger partial charge on any atom is -0.494 e. The Hall–Kier alpha value is -2.42. The highest BCUT2D eigenvalue weighted by molar-refractivity contribution is 7.89. The van der Waals surface area contributed by atoms with Gasteiger partial charge in [0.05, 0.1) is 17.6 Å². The smallest absolute Gasteiger partial charge is 0.241 e. The first-order chi connectivity index (χ1) is 14.5. The van der Waals surface area contributed by atoms with Crippen molar-refractivity contribution in [2.45, 2.75) is 43.2 Å². The van der Waals surface area contributed by atoms with E-state index in [-0.39, 0.29) is 23.3 Å². The quantitative estimate of drug-likeness (QED) is 0.601. The molecule has 1 aliphatic rings. The van der Waals surface area contributed by atoms with Crippen molar-refractivity contribution < 1.29 is 22.7 Å². The lowest BCUT2D eigenvalue weighted by atomic mass is 10.1. The van der Waals surface area contributed by atoms with Gasteiger partial charge in [-0.3, -0.25) is 4.79 Å². The Morgan fingerprint density at radius 2 is 1.90 bits per heavy atom. The molecule has 2 atom stereocenters. The number of nitrogens with one attached hydrogen (secondary N) is 2. The van der Waals surface area contributed by atoms with Gasteiger partial charge >= 0.3 is 0 Å². The summed E-state index contributed by atoms with van der Waals surface area (Å²) in [5, 5.41) is 2.83. The highest BCUT2D eigenvalue weighted by Gasteiger charge is 2.27. The first kappa shape index (κ1) is 22.3. The second kappa shape index (κ2) is 10.6. The van der Waals surface area contributed by atoms with Crippen LogP contribution < -0.4 is 14.8 Å². The van der Waals surface area contributed by atoms with Crippen LogP contribution in [0, 0.1) is 0 Å². The number of carbonyl (C=O) groups excluding carboxylic acids is 1. The standard InChI is InChI=1S/C22H28N2O5S/c1-2-28-18-10-12-20(13-11-18)30(26,27)24-21(15-17-7-4-3-5-8-17)22(25)23-16-19-9-6-14-29-19/h3-5,7-8,10-13,19,21,24H,2,6,9,14-16H2,1H3,(H,23,25)/t19-,21-/m1/s1. The Balaban J connectivity index is 1.73. The molecule has 2 N–H and O–H groups in total. The van der Waals surface area contributed by atoms with Gasteiger partial charge in [0.15, 0.2) is 0 Å². The van der Waals surface area contributed by atoms with Crippen LogP contribution in [0.15, 0.2) is 59.5 Å². The zero-order valence-corrected chi connectivity index (χ0v) is 17.9. The van der Waals surface area contributed by atoms with Crippen LogP contribution >= 0.6 is 0 Å². The third kappa shape index (κ3) is 6.29. The van der Waals surface area contributed by atoms with E-state index in [2.05, 4.69) is 10.0 Å². The molecule has 162 valence electrons. The fraction of sp³-hybridized carbons (Fsp3) is 0.409. The molecule has 1 aliphatic heterocycles. The van der Waals surface area contributed by atoms with Crippen LogP contribution in [-0.4, -0.2) is 46.2 Å². The molecule has 0 radical (unpaired) electrons. The molecule has 1 amide bonds. The summed E-state index contributed by atoms with van der Waals surface area (Å²) < 4.78 is 39.3. The van der Waals surface area contributed by atoms with E-state index < -0.39 is 16.1 Å². The lowest BCUT2D eigenvalue weighted by molar-refractivity contribution is -0.123.